The van der Waals surface area contributed by atoms with Gasteiger partial charge in [-0.05, 0) is 51.0 Å². The van der Waals surface area contributed by atoms with E-state index < -0.39 is 0 Å². The van der Waals surface area contributed by atoms with Crippen LogP contribution in [-0.2, 0) is 14.3 Å². The largest absolute Gasteiger partial charge is 0.494 e. The molecular formula is C18H31NO4. The summed E-state index contributed by atoms with van der Waals surface area (Å²) in [4.78, 5) is 10.7. The summed E-state index contributed by atoms with van der Waals surface area (Å²) in [6, 6.07) is 7.98. The quantitative estimate of drug-likeness (QED) is 0.530. The number of unbranched alkanes of at least 4 members (excludes halogenated alkanes) is 1. The topological polar surface area (TPSA) is 56.8 Å². The number of hydrogen-bond acceptors (Lipinski definition) is 5. The van der Waals surface area contributed by atoms with Gasteiger partial charge >= 0.3 is 0 Å². The second-order valence-corrected chi connectivity index (χ2v) is 5.33. The first kappa shape index (κ1) is 19.5. The van der Waals surface area contributed by atoms with Crippen molar-refractivity contribution in [3.05, 3.63) is 24.3 Å². The van der Waals surface area contributed by atoms with Gasteiger partial charge in [-0.1, -0.05) is 0 Å². The van der Waals surface area contributed by atoms with Gasteiger partial charge in [-0.3, -0.25) is 4.79 Å². The summed E-state index contributed by atoms with van der Waals surface area (Å²) >= 11 is 0. The molecule has 0 aliphatic carbocycles. The fourth-order valence-corrected chi connectivity index (χ4v) is 1.95. The van der Waals surface area contributed by atoms with E-state index in [9.17, 15) is 4.79 Å². The predicted octanol–water partition coefficient (Wildman–Crippen LogP) is 3.54. The van der Waals surface area contributed by atoms with E-state index in [2.05, 4.69) is 12.2 Å². The number of ether oxygens (including phenoxy) is 3. The highest BCUT2D eigenvalue weighted by molar-refractivity contribution is 5.76. The molecule has 0 aliphatic rings. The molecule has 0 fully saturated rings. The number of benzene rings is 1. The first-order chi connectivity index (χ1) is 11.2. The second kappa shape index (κ2) is 12.9. The van der Waals surface area contributed by atoms with E-state index in [1.165, 1.54) is 6.92 Å². The summed E-state index contributed by atoms with van der Waals surface area (Å²) in [5.41, 5.74) is 1.11. The molecule has 5 heteroatoms. The lowest BCUT2D eigenvalue weighted by atomic mass is 10.3. The number of ketones is 1. The van der Waals surface area contributed by atoms with Gasteiger partial charge in [0, 0.05) is 39.9 Å². The smallest absolute Gasteiger partial charge is 0.155 e. The Bertz CT molecular complexity index is 426. The molecule has 23 heavy (non-hydrogen) atoms. The van der Waals surface area contributed by atoms with Gasteiger partial charge in [-0.25, -0.2) is 0 Å². The number of carbonyl (C=O) groups excluding carboxylic acids is 1. The average molecular weight is 325 g/mol. The van der Waals surface area contributed by atoms with E-state index in [0.29, 0.717) is 19.8 Å². The fraction of sp³-hybridized carbons (Fsp3) is 0.611. The Balaban J connectivity index is 0.00000529. The van der Waals surface area contributed by atoms with Crippen LogP contribution >= 0.6 is 0 Å². The van der Waals surface area contributed by atoms with E-state index in [4.69, 9.17) is 14.2 Å². The van der Waals surface area contributed by atoms with E-state index in [1.54, 1.807) is 0 Å². The molecule has 1 aromatic rings. The van der Waals surface area contributed by atoms with E-state index in [0.717, 1.165) is 43.9 Å². The normalized spacial score (nSPS) is 10.5. The van der Waals surface area contributed by atoms with Crippen LogP contribution in [0.5, 0.6) is 5.75 Å². The Morgan fingerprint density at radius 3 is 2.30 bits per heavy atom. The second-order valence-electron chi connectivity index (χ2n) is 5.33. The SMILES string of the molecule is CCNc1ccc(OCCCOCCCCOCC(C)=O)cc1.[HH]. The Morgan fingerprint density at radius 2 is 1.65 bits per heavy atom. The van der Waals surface area contributed by atoms with Crippen LogP contribution in [0.3, 0.4) is 0 Å². The lowest BCUT2D eigenvalue weighted by Gasteiger charge is -2.08. The third-order valence-electron chi connectivity index (χ3n) is 3.07. The molecule has 1 aromatic carbocycles. The van der Waals surface area contributed by atoms with Crippen molar-refractivity contribution >= 4 is 11.5 Å². The summed E-state index contributed by atoms with van der Waals surface area (Å²) in [5.74, 6) is 0.951. The summed E-state index contributed by atoms with van der Waals surface area (Å²) in [6.45, 7) is 7.43. The molecule has 0 saturated carbocycles. The minimum atomic E-state index is 0. The summed E-state index contributed by atoms with van der Waals surface area (Å²) in [7, 11) is 0. The van der Waals surface area contributed by atoms with Crippen LogP contribution in [0.1, 0.15) is 34.5 Å². The summed E-state index contributed by atoms with van der Waals surface area (Å²) in [6.07, 6.45) is 2.74. The molecule has 0 unspecified atom stereocenters. The molecule has 0 spiro atoms. The van der Waals surface area contributed by atoms with Crippen LogP contribution in [0.25, 0.3) is 0 Å². The van der Waals surface area contributed by atoms with Crippen LogP contribution in [-0.4, -0.2) is 45.4 Å². The highest BCUT2D eigenvalue weighted by Crippen LogP contribution is 2.15. The number of hydrogen-bond donors (Lipinski definition) is 1. The molecule has 1 rings (SSSR count). The zero-order valence-corrected chi connectivity index (χ0v) is 14.3. The Kier molecular flexibility index (Phi) is 10.9. The lowest BCUT2D eigenvalue weighted by molar-refractivity contribution is -0.121. The van der Waals surface area contributed by atoms with Crippen molar-refractivity contribution in [3.8, 4) is 5.75 Å². The number of carbonyl (C=O) groups is 1. The maximum Gasteiger partial charge on any atom is 0.155 e. The summed E-state index contributed by atoms with van der Waals surface area (Å²) in [5, 5.41) is 3.25. The van der Waals surface area contributed by atoms with Crippen molar-refractivity contribution in [1.82, 2.24) is 0 Å². The third kappa shape index (κ3) is 10.7. The lowest BCUT2D eigenvalue weighted by Crippen LogP contribution is -2.07. The van der Waals surface area contributed by atoms with Gasteiger partial charge in [0.25, 0.3) is 0 Å². The van der Waals surface area contributed by atoms with Gasteiger partial charge in [-0.15, -0.1) is 0 Å². The third-order valence-corrected chi connectivity index (χ3v) is 3.07. The van der Waals surface area contributed by atoms with Crippen molar-refractivity contribution in [2.45, 2.75) is 33.1 Å². The van der Waals surface area contributed by atoms with Gasteiger partial charge in [0.05, 0.1) is 6.61 Å². The van der Waals surface area contributed by atoms with Gasteiger partial charge in [0.15, 0.2) is 5.78 Å². The van der Waals surface area contributed by atoms with Crippen molar-refractivity contribution in [2.75, 3.05) is 44.9 Å². The zero-order chi connectivity index (χ0) is 16.8. The van der Waals surface area contributed by atoms with E-state index >= 15 is 0 Å². The molecule has 0 radical (unpaired) electrons. The molecular weight excluding hydrogens is 294 g/mol. The molecule has 1 N–H and O–H groups in total. The van der Waals surface area contributed by atoms with Crippen molar-refractivity contribution in [1.29, 1.82) is 0 Å². The Morgan fingerprint density at radius 1 is 1.00 bits per heavy atom. The number of rotatable bonds is 14. The van der Waals surface area contributed by atoms with Crippen molar-refractivity contribution in [3.63, 3.8) is 0 Å². The van der Waals surface area contributed by atoms with Gasteiger partial charge < -0.3 is 19.5 Å². The predicted molar refractivity (Wildman–Crippen MR) is 94.4 cm³/mol. The first-order valence-electron chi connectivity index (χ1n) is 8.34. The standard InChI is InChI=1S/C18H29NO4.H2/c1-3-19-17-7-9-18(10-8-17)23-14-6-13-21-11-4-5-12-22-15-16(2)20;/h7-10,19H,3-6,11-15H2,1-2H3;1H. The zero-order valence-electron chi connectivity index (χ0n) is 14.3. The molecule has 0 saturated heterocycles. The molecule has 0 heterocycles. The maximum absolute atomic E-state index is 10.7. The Labute approximate surface area is 140 Å². The molecule has 0 amide bonds. The minimum Gasteiger partial charge on any atom is -0.494 e. The molecule has 0 bridgehead atoms. The monoisotopic (exact) mass is 325 g/mol. The van der Waals surface area contributed by atoms with Crippen LogP contribution in [0, 0.1) is 0 Å². The van der Waals surface area contributed by atoms with E-state index in [-0.39, 0.29) is 13.8 Å². The van der Waals surface area contributed by atoms with Gasteiger partial charge in [0.1, 0.15) is 12.4 Å². The maximum atomic E-state index is 10.7. The number of Topliss-reactive ketones (excluding diaryl/α,β-unsaturated/α-hetero) is 1. The number of anilines is 1. The summed E-state index contributed by atoms with van der Waals surface area (Å²) < 4.78 is 16.4. The van der Waals surface area contributed by atoms with Crippen LogP contribution < -0.4 is 10.1 Å². The molecule has 5 nitrogen and oxygen atoms in total. The minimum absolute atomic E-state index is 0. The molecule has 0 aliphatic heterocycles. The van der Waals surface area contributed by atoms with Crippen molar-refractivity contribution in [2.24, 2.45) is 0 Å². The van der Waals surface area contributed by atoms with Crippen LogP contribution in [0.2, 0.25) is 0 Å². The Hall–Kier alpha value is -1.59. The average Bonchev–Trinajstić information content (AvgIpc) is 2.54. The van der Waals surface area contributed by atoms with Crippen LogP contribution in [0.4, 0.5) is 5.69 Å². The number of nitrogens with one attached hydrogen (secondary N) is 1. The van der Waals surface area contributed by atoms with Gasteiger partial charge in [0.2, 0.25) is 0 Å². The molecule has 0 aromatic heterocycles. The highest BCUT2D eigenvalue weighted by Gasteiger charge is 1.96. The highest BCUT2D eigenvalue weighted by atomic mass is 16.5. The van der Waals surface area contributed by atoms with Gasteiger partial charge in [-0.2, -0.15) is 0 Å². The molecule has 132 valence electrons. The molecule has 0 atom stereocenters. The first-order valence-corrected chi connectivity index (χ1v) is 8.34. The van der Waals surface area contributed by atoms with Crippen molar-refractivity contribution < 1.29 is 20.4 Å². The van der Waals surface area contributed by atoms with E-state index in [1.807, 2.05) is 24.3 Å². The van der Waals surface area contributed by atoms with Crippen LogP contribution in [0.15, 0.2) is 24.3 Å². The fourth-order valence-electron chi connectivity index (χ4n) is 1.95.